The van der Waals surface area contributed by atoms with Crippen LogP contribution in [-0.2, 0) is 6.42 Å². The van der Waals surface area contributed by atoms with Crippen LogP contribution >= 0.6 is 22.9 Å². The maximum atomic E-state index is 12.9. The number of aryl methyl sites for hydroxylation is 3. The maximum Gasteiger partial charge on any atom is 0.262 e. The number of nitrogens with one attached hydrogen (secondary N) is 1. The van der Waals surface area contributed by atoms with Crippen molar-refractivity contribution < 1.29 is 4.79 Å². The van der Waals surface area contributed by atoms with Crippen LogP contribution in [0.2, 0.25) is 5.02 Å². The van der Waals surface area contributed by atoms with Crippen molar-refractivity contribution in [3.05, 3.63) is 56.8 Å². The number of aromatic nitrogens is 2. The molecule has 0 aliphatic heterocycles. The average Bonchev–Trinajstić information content (AvgIpc) is 2.97. The highest BCUT2D eigenvalue weighted by molar-refractivity contribution is 7.20. The van der Waals surface area contributed by atoms with Crippen LogP contribution in [0.25, 0.3) is 10.2 Å². The molecule has 26 heavy (non-hydrogen) atoms. The molecule has 3 aromatic rings. The molecule has 1 atom stereocenters. The first-order chi connectivity index (χ1) is 12.4. The van der Waals surface area contributed by atoms with E-state index in [-0.39, 0.29) is 11.9 Å². The molecule has 1 unspecified atom stereocenters. The number of benzene rings is 1. The summed E-state index contributed by atoms with van der Waals surface area (Å²) in [6, 6.07) is 7.56. The number of thiophene rings is 1. The van der Waals surface area contributed by atoms with Gasteiger partial charge < -0.3 is 5.32 Å². The Bertz CT molecular complexity index is 950. The Hall–Kier alpha value is -1.98. The molecule has 136 valence electrons. The van der Waals surface area contributed by atoms with Gasteiger partial charge in [-0.15, -0.1) is 11.3 Å². The van der Waals surface area contributed by atoms with E-state index in [1.807, 2.05) is 45.0 Å². The van der Waals surface area contributed by atoms with Gasteiger partial charge in [-0.2, -0.15) is 0 Å². The first-order valence-electron chi connectivity index (χ1n) is 8.77. The largest absolute Gasteiger partial charge is 0.345 e. The number of amides is 1. The lowest BCUT2D eigenvalue weighted by molar-refractivity contribution is 0.0939. The number of hydrogen-bond acceptors (Lipinski definition) is 4. The van der Waals surface area contributed by atoms with E-state index < -0.39 is 0 Å². The van der Waals surface area contributed by atoms with Crippen molar-refractivity contribution in [2.24, 2.45) is 0 Å². The number of carbonyl (C=O) groups is 1. The van der Waals surface area contributed by atoms with E-state index >= 15 is 0 Å². The number of carbonyl (C=O) groups excluding carboxylic acids is 1. The molecule has 1 aromatic carbocycles. The molecule has 1 N–H and O–H groups in total. The maximum absolute atomic E-state index is 12.9. The zero-order valence-corrected chi connectivity index (χ0v) is 17.0. The number of nitrogens with zero attached hydrogens (tertiary/aromatic N) is 2. The lowest BCUT2D eigenvalue weighted by Gasteiger charge is -2.17. The van der Waals surface area contributed by atoms with Crippen molar-refractivity contribution in [3.63, 3.8) is 0 Å². The van der Waals surface area contributed by atoms with Gasteiger partial charge in [0.1, 0.15) is 10.7 Å². The summed E-state index contributed by atoms with van der Waals surface area (Å²) in [6.07, 6.45) is 1.58. The van der Waals surface area contributed by atoms with Gasteiger partial charge in [0, 0.05) is 22.5 Å². The Balaban J connectivity index is 1.92. The summed E-state index contributed by atoms with van der Waals surface area (Å²) in [7, 11) is 0. The Labute approximate surface area is 162 Å². The van der Waals surface area contributed by atoms with Crippen molar-refractivity contribution in [1.29, 1.82) is 0 Å². The molecule has 3 rings (SSSR count). The second-order valence-electron chi connectivity index (χ2n) is 6.30. The molecule has 0 saturated carbocycles. The first kappa shape index (κ1) is 18.8. The Morgan fingerprint density at radius 3 is 2.50 bits per heavy atom. The molecule has 0 bridgehead atoms. The fourth-order valence-electron chi connectivity index (χ4n) is 3.11. The van der Waals surface area contributed by atoms with Gasteiger partial charge in [0.2, 0.25) is 0 Å². The molecule has 1 amide bonds. The molecule has 0 spiro atoms. The quantitative estimate of drug-likeness (QED) is 0.637. The lowest BCUT2D eigenvalue weighted by Crippen LogP contribution is -2.27. The Morgan fingerprint density at radius 1 is 1.19 bits per heavy atom. The first-order valence-corrected chi connectivity index (χ1v) is 9.96. The third kappa shape index (κ3) is 3.60. The van der Waals surface area contributed by atoms with Gasteiger partial charge in [-0.1, -0.05) is 37.6 Å². The van der Waals surface area contributed by atoms with E-state index in [2.05, 4.69) is 22.2 Å². The van der Waals surface area contributed by atoms with Gasteiger partial charge in [0.05, 0.1) is 10.9 Å². The summed E-state index contributed by atoms with van der Waals surface area (Å²) in [6.45, 7) is 8.04. The second-order valence-corrected chi connectivity index (χ2v) is 7.74. The molecular weight excluding hydrogens is 366 g/mol. The van der Waals surface area contributed by atoms with Gasteiger partial charge >= 0.3 is 0 Å². The number of hydrogen-bond donors (Lipinski definition) is 1. The van der Waals surface area contributed by atoms with Crippen LogP contribution in [-0.4, -0.2) is 15.9 Å². The van der Waals surface area contributed by atoms with Crippen molar-refractivity contribution >= 4 is 39.1 Å². The monoisotopic (exact) mass is 387 g/mol. The lowest BCUT2D eigenvalue weighted by atomic mass is 10.0. The fourth-order valence-corrected chi connectivity index (χ4v) is 4.39. The van der Waals surface area contributed by atoms with Crippen LogP contribution in [0.15, 0.2) is 24.3 Å². The van der Waals surface area contributed by atoms with E-state index in [1.54, 1.807) is 0 Å². The molecule has 4 nitrogen and oxygen atoms in total. The third-order valence-electron chi connectivity index (χ3n) is 4.53. The smallest absolute Gasteiger partial charge is 0.262 e. The van der Waals surface area contributed by atoms with Gasteiger partial charge in [-0.05, 0) is 43.5 Å². The Morgan fingerprint density at radius 2 is 1.88 bits per heavy atom. The van der Waals surface area contributed by atoms with Gasteiger partial charge in [0.25, 0.3) is 5.91 Å². The van der Waals surface area contributed by atoms with E-state index in [4.69, 9.17) is 11.6 Å². The van der Waals surface area contributed by atoms with E-state index in [9.17, 15) is 4.79 Å². The number of halogens is 1. The zero-order valence-electron chi connectivity index (χ0n) is 15.4. The summed E-state index contributed by atoms with van der Waals surface area (Å²) < 4.78 is 0. The van der Waals surface area contributed by atoms with Crippen molar-refractivity contribution in [1.82, 2.24) is 15.3 Å². The molecule has 0 radical (unpaired) electrons. The van der Waals surface area contributed by atoms with Crippen LogP contribution in [0.4, 0.5) is 0 Å². The molecule has 2 heterocycles. The molecule has 0 aliphatic rings. The molecule has 2 aromatic heterocycles. The molecule has 0 fully saturated rings. The van der Waals surface area contributed by atoms with E-state index in [1.165, 1.54) is 11.3 Å². The van der Waals surface area contributed by atoms with Crippen molar-refractivity contribution in [2.45, 2.75) is 46.6 Å². The van der Waals surface area contributed by atoms with E-state index in [0.29, 0.717) is 9.90 Å². The molecule has 0 saturated heterocycles. The van der Waals surface area contributed by atoms with E-state index in [0.717, 1.165) is 45.7 Å². The SMILES string of the molecule is CCc1nc(C)c2c(C)c(C(=O)NC(CC)c3ccc(Cl)cc3)sc2n1. The summed E-state index contributed by atoms with van der Waals surface area (Å²) in [5.41, 5.74) is 2.94. The second kappa shape index (κ2) is 7.72. The van der Waals surface area contributed by atoms with Gasteiger partial charge in [-0.3, -0.25) is 4.79 Å². The van der Waals surface area contributed by atoms with Gasteiger partial charge in [-0.25, -0.2) is 9.97 Å². The highest BCUT2D eigenvalue weighted by atomic mass is 35.5. The molecular formula is C20H22ClN3OS. The van der Waals surface area contributed by atoms with Crippen LogP contribution in [0.5, 0.6) is 0 Å². The summed E-state index contributed by atoms with van der Waals surface area (Å²) in [4.78, 5) is 23.7. The van der Waals surface area contributed by atoms with Crippen molar-refractivity contribution in [3.8, 4) is 0 Å². The number of fused-ring (bicyclic) bond motifs is 1. The minimum Gasteiger partial charge on any atom is -0.345 e. The summed E-state index contributed by atoms with van der Waals surface area (Å²) in [5.74, 6) is 0.751. The van der Waals surface area contributed by atoms with Crippen molar-refractivity contribution in [2.75, 3.05) is 0 Å². The van der Waals surface area contributed by atoms with Gasteiger partial charge in [0.15, 0.2) is 0 Å². The standard InChI is InChI=1S/C20H22ClN3OS/c1-5-15(13-7-9-14(21)10-8-13)23-19(25)18-11(3)17-12(4)22-16(6-2)24-20(17)26-18/h7-10,15H,5-6H2,1-4H3,(H,23,25). The summed E-state index contributed by atoms with van der Waals surface area (Å²) in [5, 5.41) is 4.84. The van der Waals surface area contributed by atoms with Crippen LogP contribution in [0, 0.1) is 13.8 Å². The zero-order chi connectivity index (χ0) is 18.8. The Kier molecular flexibility index (Phi) is 5.58. The normalized spacial score (nSPS) is 12.3. The summed E-state index contributed by atoms with van der Waals surface area (Å²) >= 11 is 7.41. The minimum atomic E-state index is -0.0650. The highest BCUT2D eigenvalue weighted by Crippen LogP contribution is 2.32. The minimum absolute atomic E-state index is 0.0530. The number of rotatable bonds is 5. The predicted molar refractivity (Wildman–Crippen MR) is 108 cm³/mol. The van der Waals surface area contributed by atoms with Crippen LogP contribution in [0.1, 0.15) is 58.6 Å². The van der Waals surface area contributed by atoms with Crippen LogP contribution < -0.4 is 5.32 Å². The fraction of sp³-hybridized carbons (Fsp3) is 0.350. The highest BCUT2D eigenvalue weighted by Gasteiger charge is 2.21. The average molecular weight is 388 g/mol. The van der Waals surface area contributed by atoms with Crippen LogP contribution in [0.3, 0.4) is 0 Å². The predicted octanol–water partition coefficient (Wildman–Crippen LogP) is 5.41. The molecule has 0 aliphatic carbocycles. The topological polar surface area (TPSA) is 54.9 Å². The third-order valence-corrected chi connectivity index (χ3v) is 5.96. The molecule has 6 heteroatoms.